The molecule has 0 amide bonds. The smallest absolute Gasteiger partial charge is 0.121 e. The summed E-state index contributed by atoms with van der Waals surface area (Å²) in [4.78, 5) is 4.88. The van der Waals surface area contributed by atoms with Crippen LogP contribution in [0.2, 0.25) is 5.02 Å². The van der Waals surface area contributed by atoms with Crippen molar-refractivity contribution in [2.75, 3.05) is 31.1 Å². The standard InChI is InChI=1S/C30H34ClN3O2/c1-21-5-9-25(10-6-21)29-19-33(22(2)24-11-7-23(18-32)8-12-24)15-16-34(29)28-14-13-26(17-27(28)31)36-20-30(3,4)35/h5-14,17,22,29,35H,15-16,19-20H2,1-4H3/t22-,29+/m1/s1. The van der Waals surface area contributed by atoms with Crippen LogP contribution in [0.5, 0.6) is 5.75 Å². The lowest BCUT2D eigenvalue weighted by Gasteiger charge is -2.45. The van der Waals surface area contributed by atoms with Gasteiger partial charge in [0.25, 0.3) is 0 Å². The number of rotatable bonds is 7. The summed E-state index contributed by atoms with van der Waals surface area (Å²) in [7, 11) is 0. The van der Waals surface area contributed by atoms with Crippen molar-refractivity contribution in [2.24, 2.45) is 0 Å². The molecule has 3 aromatic carbocycles. The van der Waals surface area contributed by atoms with E-state index in [9.17, 15) is 5.11 Å². The van der Waals surface area contributed by atoms with Gasteiger partial charge in [0.15, 0.2) is 0 Å². The molecule has 0 radical (unpaired) electrons. The first-order valence-corrected chi connectivity index (χ1v) is 12.7. The number of nitrogens with zero attached hydrogens (tertiary/aromatic N) is 3. The van der Waals surface area contributed by atoms with E-state index in [1.807, 2.05) is 30.3 Å². The largest absolute Gasteiger partial charge is 0.491 e. The summed E-state index contributed by atoms with van der Waals surface area (Å²) in [6.07, 6.45) is 0. The minimum Gasteiger partial charge on any atom is -0.491 e. The molecule has 1 N–H and O–H groups in total. The monoisotopic (exact) mass is 503 g/mol. The molecule has 2 atom stereocenters. The van der Waals surface area contributed by atoms with Gasteiger partial charge in [-0.1, -0.05) is 53.6 Å². The van der Waals surface area contributed by atoms with Gasteiger partial charge in [-0.3, -0.25) is 4.90 Å². The molecule has 3 aromatic rings. The van der Waals surface area contributed by atoms with E-state index in [-0.39, 0.29) is 18.7 Å². The van der Waals surface area contributed by atoms with Crippen molar-refractivity contribution in [1.82, 2.24) is 4.90 Å². The summed E-state index contributed by atoms with van der Waals surface area (Å²) in [6.45, 7) is 10.5. The van der Waals surface area contributed by atoms with E-state index < -0.39 is 5.60 Å². The predicted octanol–water partition coefficient (Wildman–Crippen LogP) is 6.29. The van der Waals surface area contributed by atoms with Crippen molar-refractivity contribution in [3.63, 3.8) is 0 Å². The van der Waals surface area contributed by atoms with Gasteiger partial charge in [-0.15, -0.1) is 0 Å². The number of halogens is 1. The van der Waals surface area contributed by atoms with Crippen molar-refractivity contribution in [3.8, 4) is 11.8 Å². The van der Waals surface area contributed by atoms with E-state index in [2.05, 4.69) is 66.1 Å². The first kappa shape index (κ1) is 26.0. The second kappa shape index (κ2) is 10.9. The van der Waals surface area contributed by atoms with Gasteiger partial charge in [0.2, 0.25) is 0 Å². The number of hydrogen-bond acceptors (Lipinski definition) is 5. The number of anilines is 1. The van der Waals surface area contributed by atoms with E-state index in [0.717, 1.165) is 25.3 Å². The van der Waals surface area contributed by atoms with Gasteiger partial charge < -0.3 is 14.7 Å². The maximum atomic E-state index is 9.98. The molecule has 6 heteroatoms. The first-order chi connectivity index (χ1) is 17.1. The number of hydrogen-bond donors (Lipinski definition) is 1. The van der Waals surface area contributed by atoms with Crippen molar-refractivity contribution < 1.29 is 9.84 Å². The summed E-state index contributed by atoms with van der Waals surface area (Å²) in [5, 5.41) is 19.8. The van der Waals surface area contributed by atoms with Crippen LogP contribution in [0.25, 0.3) is 0 Å². The molecule has 0 saturated carbocycles. The zero-order chi connectivity index (χ0) is 25.9. The molecule has 1 saturated heterocycles. The van der Waals surface area contributed by atoms with Gasteiger partial charge in [0.05, 0.1) is 34.0 Å². The summed E-state index contributed by atoms with van der Waals surface area (Å²) in [5.74, 6) is 0.644. The molecule has 0 aliphatic carbocycles. The van der Waals surface area contributed by atoms with Crippen molar-refractivity contribution in [2.45, 2.75) is 45.4 Å². The summed E-state index contributed by atoms with van der Waals surface area (Å²) in [6, 6.07) is 24.9. The van der Waals surface area contributed by atoms with Gasteiger partial charge >= 0.3 is 0 Å². The molecule has 1 fully saturated rings. The average molecular weight is 504 g/mol. The van der Waals surface area contributed by atoms with E-state index in [1.54, 1.807) is 13.8 Å². The number of benzene rings is 3. The Hall–Kier alpha value is -3.04. The second-order valence-corrected chi connectivity index (χ2v) is 10.6. The zero-order valence-electron chi connectivity index (χ0n) is 21.4. The molecule has 1 aliphatic heterocycles. The van der Waals surface area contributed by atoms with E-state index in [0.29, 0.717) is 16.3 Å². The molecule has 188 valence electrons. The van der Waals surface area contributed by atoms with Gasteiger partial charge in [-0.05, 0) is 63.1 Å². The van der Waals surface area contributed by atoms with E-state index >= 15 is 0 Å². The predicted molar refractivity (Wildman–Crippen MR) is 146 cm³/mol. The Balaban J connectivity index is 1.60. The highest BCUT2D eigenvalue weighted by molar-refractivity contribution is 6.33. The third-order valence-electron chi connectivity index (χ3n) is 6.76. The minimum absolute atomic E-state index is 0.126. The average Bonchev–Trinajstić information content (AvgIpc) is 2.87. The fourth-order valence-electron chi connectivity index (χ4n) is 4.64. The molecule has 36 heavy (non-hydrogen) atoms. The number of nitriles is 1. The quantitative estimate of drug-likeness (QED) is 0.410. The Kier molecular flexibility index (Phi) is 7.90. The fourth-order valence-corrected chi connectivity index (χ4v) is 4.91. The lowest BCUT2D eigenvalue weighted by molar-refractivity contribution is 0.0285. The molecule has 4 rings (SSSR count). The van der Waals surface area contributed by atoms with Gasteiger partial charge in [0.1, 0.15) is 12.4 Å². The molecule has 1 heterocycles. The Morgan fingerprint density at radius 3 is 2.39 bits per heavy atom. The lowest BCUT2D eigenvalue weighted by Crippen LogP contribution is -2.49. The Labute approximate surface area is 219 Å². The van der Waals surface area contributed by atoms with Crippen LogP contribution < -0.4 is 9.64 Å². The number of piperazine rings is 1. The highest BCUT2D eigenvalue weighted by Gasteiger charge is 2.32. The topological polar surface area (TPSA) is 59.7 Å². The van der Waals surface area contributed by atoms with Crippen molar-refractivity contribution >= 4 is 17.3 Å². The second-order valence-electron chi connectivity index (χ2n) is 10.2. The SMILES string of the molecule is Cc1ccc([C@@H]2CN([C@H](C)c3ccc(C#N)cc3)CCN2c2ccc(OCC(C)(C)O)cc2Cl)cc1. The van der Waals surface area contributed by atoms with Gasteiger partial charge in [-0.25, -0.2) is 0 Å². The normalized spacial score (nSPS) is 17.5. The first-order valence-electron chi connectivity index (χ1n) is 12.4. The summed E-state index contributed by atoms with van der Waals surface area (Å²) < 4.78 is 5.75. The number of aliphatic hydroxyl groups is 1. The molecule has 0 spiro atoms. The maximum absolute atomic E-state index is 9.98. The van der Waals surface area contributed by atoms with Crippen LogP contribution in [0, 0.1) is 18.3 Å². The van der Waals surface area contributed by atoms with Crippen LogP contribution in [0.1, 0.15) is 55.1 Å². The third kappa shape index (κ3) is 6.20. The highest BCUT2D eigenvalue weighted by atomic mass is 35.5. The zero-order valence-corrected chi connectivity index (χ0v) is 22.2. The Bertz CT molecular complexity index is 1210. The molecular weight excluding hydrogens is 470 g/mol. The van der Waals surface area contributed by atoms with Gasteiger partial charge in [0, 0.05) is 31.7 Å². The van der Waals surface area contributed by atoms with Crippen LogP contribution in [0.4, 0.5) is 5.69 Å². The fraction of sp³-hybridized carbons (Fsp3) is 0.367. The van der Waals surface area contributed by atoms with Crippen LogP contribution in [0.3, 0.4) is 0 Å². The Morgan fingerprint density at radius 1 is 1.08 bits per heavy atom. The Morgan fingerprint density at radius 2 is 1.78 bits per heavy atom. The highest BCUT2D eigenvalue weighted by Crippen LogP contribution is 2.39. The molecule has 0 aromatic heterocycles. The third-order valence-corrected chi connectivity index (χ3v) is 7.07. The van der Waals surface area contributed by atoms with Crippen LogP contribution in [-0.2, 0) is 0 Å². The number of aryl methyl sites for hydroxylation is 1. The molecule has 0 bridgehead atoms. The number of ether oxygens (including phenoxy) is 1. The molecule has 0 unspecified atom stereocenters. The van der Waals surface area contributed by atoms with E-state index in [1.165, 1.54) is 16.7 Å². The van der Waals surface area contributed by atoms with Crippen molar-refractivity contribution in [3.05, 3.63) is 94.0 Å². The summed E-state index contributed by atoms with van der Waals surface area (Å²) >= 11 is 6.79. The van der Waals surface area contributed by atoms with Crippen LogP contribution >= 0.6 is 11.6 Å². The summed E-state index contributed by atoms with van der Waals surface area (Å²) in [5.41, 5.74) is 4.42. The van der Waals surface area contributed by atoms with Gasteiger partial charge in [-0.2, -0.15) is 5.26 Å². The van der Waals surface area contributed by atoms with Crippen LogP contribution in [0.15, 0.2) is 66.7 Å². The minimum atomic E-state index is -0.913. The van der Waals surface area contributed by atoms with E-state index in [4.69, 9.17) is 21.6 Å². The molecule has 1 aliphatic rings. The lowest BCUT2D eigenvalue weighted by atomic mass is 9.97. The van der Waals surface area contributed by atoms with Crippen molar-refractivity contribution in [1.29, 1.82) is 5.26 Å². The molecular formula is C30H34ClN3O2. The van der Waals surface area contributed by atoms with Crippen LogP contribution in [-0.4, -0.2) is 41.8 Å². The molecule has 5 nitrogen and oxygen atoms in total. The maximum Gasteiger partial charge on any atom is 0.121 e.